The van der Waals surface area contributed by atoms with Crippen molar-refractivity contribution in [3.63, 3.8) is 0 Å². The summed E-state index contributed by atoms with van der Waals surface area (Å²) in [4.78, 5) is 11.9. The van der Waals surface area contributed by atoms with Crippen LogP contribution in [0.5, 0.6) is 0 Å². The van der Waals surface area contributed by atoms with Crippen molar-refractivity contribution in [1.82, 2.24) is 0 Å². The molecular weight excluding hydrogens is 254 g/mol. The van der Waals surface area contributed by atoms with Crippen molar-refractivity contribution in [1.29, 1.82) is 0 Å². The van der Waals surface area contributed by atoms with Crippen LogP contribution in [0.15, 0.2) is 0 Å². The Morgan fingerprint density at radius 2 is 2.00 bits per heavy atom. The minimum Gasteiger partial charge on any atom is -0.469 e. The zero-order chi connectivity index (χ0) is 13.8. The van der Waals surface area contributed by atoms with Crippen LogP contribution in [-0.4, -0.2) is 39.5 Å². The lowest BCUT2D eigenvalue weighted by Gasteiger charge is -2.29. The molecule has 0 aliphatic heterocycles. The summed E-state index contributed by atoms with van der Waals surface area (Å²) in [5.74, 6) is 0.00864. The standard InChI is InChI=1S/C12H23NO4S/c1-3-7-18(15,16)8-6-12(9-13,10-4-5-10)11(14)17-2/h10H,3-9,13H2,1-2H3. The third kappa shape index (κ3) is 3.45. The number of hydrogen-bond acceptors (Lipinski definition) is 5. The van der Waals surface area contributed by atoms with Crippen LogP contribution in [0.4, 0.5) is 0 Å². The van der Waals surface area contributed by atoms with Crippen LogP contribution in [0.3, 0.4) is 0 Å². The molecule has 0 radical (unpaired) electrons. The lowest BCUT2D eigenvalue weighted by molar-refractivity contribution is -0.153. The second kappa shape index (κ2) is 6.02. The Morgan fingerprint density at radius 3 is 2.39 bits per heavy atom. The summed E-state index contributed by atoms with van der Waals surface area (Å²) in [5, 5.41) is 0. The Labute approximate surface area is 109 Å². The molecular formula is C12H23NO4S. The van der Waals surface area contributed by atoms with E-state index in [9.17, 15) is 13.2 Å². The van der Waals surface area contributed by atoms with Gasteiger partial charge in [0.25, 0.3) is 0 Å². The fourth-order valence-electron chi connectivity index (χ4n) is 2.41. The number of nitrogens with two attached hydrogens (primary N) is 1. The van der Waals surface area contributed by atoms with Gasteiger partial charge in [0, 0.05) is 12.3 Å². The normalized spacial score (nSPS) is 19.3. The predicted molar refractivity (Wildman–Crippen MR) is 69.8 cm³/mol. The van der Waals surface area contributed by atoms with Crippen LogP contribution in [0, 0.1) is 11.3 Å². The molecule has 0 heterocycles. The summed E-state index contributed by atoms with van der Waals surface area (Å²) in [6, 6.07) is 0. The molecule has 1 aliphatic rings. The molecule has 1 aliphatic carbocycles. The van der Waals surface area contributed by atoms with E-state index < -0.39 is 15.3 Å². The lowest BCUT2D eigenvalue weighted by atomic mass is 9.80. The van der Waals surface area contributed by atoms with Crippen molar-refractivity contribution in [3.8, 4) is 0 Å². The Kier molecular flexibility index (Phi) is 5.16. The molecule has 106 valence electrons. The maximum Gasteiger partial charge on any atom is 0.313 e. The van der Waals surface area contributed by atoms with E-state index >= 15 is 0 Å². The molecule has 0 aromatic carbocycles. The number of esters is 1. The van der Waals surface area contributed by atoms with Crippen molar-refractivity contribution in [2.24, 2.45) is 17.1 Å². The van der Waals surface area contributed by atoms with Crippen LogP contribution in [0.1, 0.15) is 32.6 Å². The summed E-state index contributed by atoms with van der Waals surface area (Å²) in [6.45, 7) is 1.99. The zero-order valence-corrected chi connectivity index (χ0v) is 12.0. The van der Waals surface area contributed by atoms with E-state index in [-0.39, 0.29) is 36.4 Å². The number of methoxy groups -OCH3 is 1. The fraction of sp³-hybridized carbons (Fsp3) is 0.917. The smallest absolute Gasteiger partial charge is 0.313 e. The van der Waals surface area contributed by atoms with E-state index in [1.807, 2.05) is 6.92 Å². The van der Waals surface area contributed by atoms with Crippen molar-refractivity contribution in [3.05, 3.63) is 0 Å². The third-order valence-electron chi connectivity index (χ3n) is 3.69. The second-order valence-electron chi connectivity index (χ2n) is 5.03. The number of rotatable bonds is 8. The quantitative estimate of drug-likeness (QED) is 0.661. The molecule has 0 aromatic heterocycles. The molecule has 1 atom stereocenters. The Morgan fingerprint density at radius 1 is 1.39 bits per heavy atom. The van der Waals surface area contributed by atoms with Crippen molar-refractivity contribution in [2.45, 2.75) is 32.6 Å². The molecule has 0 amide bonds. The lowest BCUT2D eigenvalue weighted by Crippen LogP contribution is -2.43. The van der Waals surface area contributed by atoms with Crippen LogP contribution in [-0.2, 0) is 19.4 Å². The molecule has 0 aromatic rings. The van der Waals surface area contributed by atoms with Gasteiger partial charge in [0.2, 0.25) is 0 Å². The largest absolute Gasteiger partial charge is 0.469 e. The van der Waals surface area contributed by atoms with Crippen molar-refractivity contribution >= 4 is 15.8 Å². The topological polar surface area (TPSA) is 86.5 Å². The molecule has 1 unspecified atom stereocenters. The van der Waals surface area contributed by atoms with E-state index in [1.54, 1.807) is 0 Å². The van der Waals surface area contributed by atoms with Crippen LogP contribution >= 0.6 is 0 Å². The van der Waals surface area contributed by atoms with Gasteiger partial charge in [-0.15, -0.1) is 0 Å². The molecule has 0 spiro atoms. The maximum atomic E-state index is 11.9. The maximum absolute atomic E-state index is 11.9. The molecule has 2 N–H and O–H groups in total. The van der Waals surface area contributed by atoms with Crippen LogP contribution < -0.4 is 5.73 Å². The number of ether oxygens (including phenoxy) is 1. The first-order valence-corrected chi connectivity index (χ1v) is 8.23. The monoisotopic (exact) mass is 277 g/mol. The average Bonchev–Trinajstić information content (AvgIpc) is 3.14. The van der Waals surface area contributed by atoms with E-state index in [2.05, 4.69) is 0 Å². The number of sulfone groups is 1. The first-order valence-electron chi connectivity index (χ1n) is 6.40. The van der Waals surface area contributed by atoms with E-state index in [0.29, 0.717) is 6.42 Å². The van der Waals surface area contributed by atoms with E-state index in [4.69, 9.17) is 10.5 Å². The molecule has 0 bridgehead atoms. The van der Waals surface area contributed by atoms with Gasteiger partial charge in [-0.1, -0.05) is 6.92 Å². The summed E-state index contributed by atoms with van der Waals surface area (Å²) < 4.78 is 28.3. The predicted octanol–water partition coefficient (Wildman–Crippen LogP) is 0.729. The van der Waals surface area contributed by atoms with Gasteiger partial charge in [0.1, 0.15) is 9.84 Å². The van der Waals surface area contributed by atoms with Crippen molar-refractivity contribution in [2.75, 3.05) is 25.2 Å². The molecule has 18 heavy (non-hydrogen) atoms. The molecule has 1 fully saturated rings. The molecule has 1 rings (SSSR count). The van der Waals surface area contributed by atoms with Gasteiger partial charge < -0.3 is 10.5 Å². The van der Waals surface area contributed by atoms with Gasteiger partial charge in [-0.3, -0.25) is 4.79 Å². The molecule has 1 saturated carbocycles. The zero-order valence-electron chi connectivity index (χ0n) is 11.1. The minimum atomic E-state index is -3.09. The number of hydrogen-bond donors (Lipinski definition) is 1. The summed E-state index contributed by atoms with van der Waals surface area (Å²) in [5.41, 5.74) is 4.94. The van der Waals surface area contributed by atoms with E-state index in [0.717, 1.165) is 12.8 Å². The number of carbonyl (C=O) groups is 1. The molecule has 0 saturated heterocycles. The van der Waals surface area contributed by atoms with E-state index in [1.165, 1.54) is 7.11 Å². The SMILES string of the molecule is CCCS(=O)(=O)CCC(CN)(C(=O)OC)C1CC1. The van der Waals surface area contributed by atoms with Gasteiger partial charge in [0.15, 0.2) is 0 Å². The highest BCUT2D eigenvalue weighted by atomic mass is 32.2. The highest BCUT2D eigenvalue weighted by Gasteiger charge is 2.50. The summed E-state index contributed by atoms with van der Waals surface area (Å²) in [6.07, 6.45) is 2.74. The first-order chi connectivity index (χ1) is 8.41. The third-order valence-corrected chi connectivity index (χ3v) is 5.55. The Hall–Kier alpha value is -0.620. The van der Waals surface area contributed by atoms with Gasteiger partial charge in [-0.25, -0.2) is 8.42 Å². The van der Waals surface area contributed by atoms with Gasteiger partial charge in [0.05, 0.1) is 18.3 Å². The highest BCUT2D eigenvalue weighted by molar-refractivity contribution is 7.91. The second-order valence-corrected chi connectivity index (χ2v) is 7.33. The van der Waals surface area contributed by atoms with Crippen LogP contribution in [0.2, 0.25) is 0 Å². The Bertz CT molecular complexity index is 389. The minimum absolute atomic E-state index is 0.0175. The van der Waals surface area contributed by atoms with Gasteiger partial charge in [-0.2, -0.15) is 0 Å². The van der Waals surface area contributed by atoms with Crippen molar-refractivity contribution < 1.29 is 17.9 Å². The fourth-order valence-corrected chi connectivity index (χ4v) is 3.92. The first kappa shape index (κ1) is 15.4. The average molecular weight is 277 g/mol. The van der Waals surface area contributed by atoms with Gasteiger partial charge >= 0.3 is 5.97 Å². The molecule has 5 nitrogen and oxygen atoms in total. The van der Waals surface area contributed by atoms with Gasteiger partial charge in [-0.05, 0) is 31.6 Å². The highest BCUT2D eigenvalue weighted by Crippen LogP contribution is 2.48. The number of carbonyl (C=O) groups excluding carboxylic acids is 1. The Balaban J connectivity index is 2.77. The summed E-state index contributed by atoms with van der Waals surface area (Å²) >= 11 is 0. The summed E-state index contributed by atoms with van der Waals surface area (Å²) in [7, 11) is -1.76. The van der Waals surface area contributed by atoms with Crippen LogP contribution in [0.25, 0.3) is 0 Å². The molecule has 6 heteroatoms.